The summed E-state index contributed by atoms with van der Waals surface area (Å²) in [6, 6.07) is 3.73. The molecule has 2 aliphatic heterocycles. The SMILES string of the molecule is COc1cc2c(cc1OCC(F)F)CCN1C[C@@H](OC(C)(C)C)[C@H](O)C[C@H]21. The van der Waals surface area contributed by atoms with Crippen LogP contribution in [0.3, 0.4) is 0 Å². The molecule has 2 aliphatic rings. The molecule has 1 fully saturated rings. The molecule has 2 heterocycles. The number of nitrogens with zero attached hydrogens (tertiary/aromatic N) is 1. The summed E-state index contributed by atoms with van der Waals surface area (Å²) in [5.74, 6) is 0.786. The lowest BCUT2D eigenvalue weighted by Gasteiger charge is -2.46. The maximum Gasteiger partial charge on any atom is 0.272 e. The lowest BCUT2D eigenvalue weighted by atomic mass is 9.84. The molecular formula is C20H29F2NO4. The van der Waals surface area contributed by atoms with Crippen LogP contribution >= 0.6 is 0 Å². The van der Waals surface area contributed by atoms with Crippen molar-refractivity contribution in [3.63, 3.8) is 0 Å². The predicted octanol–water partition coefficient (Wildman–Crippen LogP) is 3.19. The smallest absolute Gasteiger partial charge is 0.272 e. The highest BCUT2D eigenvalue weighted by molar-refractivity contribution is 5.49. The maximum atomic E-state index is 12.5. The van der Waals surface area contributed by atoms with Crippen molar-refractivity contribution in [1.29, 1.82) is 0 Å². The van der Waals surface area contributed by atoms with Gasteiger partial charge in [-0.25, -0.2) is 8.78 Å². The second-order valence-corrected chi connectivity index (χ2v) is 8.24. The van der Waals surface area contributed by atoms with Crippen LogP contribution in [-0.4, -0.2) is 61.0 Å². The van der Waals surface area contributed by atoms with Gasteiger partial charge in [-0.2, -0.15) is 0 Å². The Labute approximate surface area is 159 Å². The van der Waals surface area contributed by atoms with E-state index in [0.29, 0.717) is 24.5 Å². The Morgan fingerprint density at radius 3 is 2.63 bits per heavy atom. The van der Waals surface area contributed by atoms with Crippen LogP contribution in [0.25, 0.3) is 0 Å². The van der Waals surface area contributed by atoms with Gasteiger partial charge in [-0.15, -0.1) is 0 Å². The standard InChI is InChI=1S/C20H29F2NO4/c1-20(2,3)27-18-10-23-6-5-12-7-17(26-11-19(21)22)16(25-4)8-13(12)14(23)9-15(18)24/h7-8,14-15,18-19,24H,5-6,9-11H2,1-4H3/t14-,15-,18-/m1/s1. The number of piperidine rings is 1. The molecule has 0 saturated carbocycles. The van der Waals surface area contributed by atoms with Gasteiger partial charge in [0.15, 0.2) is 11.5 Å². The Bertz CT molecular complexity index is 662. The summed E-state index contributed by atoms with van der Waals surface area (Å²) in [4.78, 5) is 2.32. The van der Waals surface area contributed by atoms with Crippen molar-refractivity contribution >= 4 is 0 Å². The van der Waals surface area contributed by atoms with Crippen LogP contribution in [0.4, 0.5) is 8.78 Å². The first-order chi connectivity index (χ1) is 12.7. The highest BCUT2D eigenvalue weighted by atomic mass is 19.3. The molecule has 7 heteroatoms. The molecule has 1 N–H and O–H groups in total. The zero-order valence-corrected chi connectivity index (χ0v) is 16.4. The normalized spacial score (nSPS) is 25.9. The molecule has 152 valence electrons. The predicted molar refractivity (Wildman–Crippen MR) is 97.8 cm³/mol. The van der Waals surface area contributed by atoms with Crippen molar-refractivity contribution in [2.75, 3.05) is 26.8 Å². The van der Waals surface area contributed by atoms with Crippen molar-refractivity contribution in [3.05, 3.63) is 23.3 Å². The number of aliphatic hydroxyl groups excluding tert-OH is 1. The summed E-state index contributed by atoms with van der Waals surface area (Å²) < 4.78 is 41.6. The van der Waals surface area contributed by atoms with Crippen molar-refractivity contribution in [2.45, 2.75) is 63.9 Å². The zero-order chi connectivity index (χ0) is 19.8. The van der Waals surface area contributed by atoms with Crippen molar-refractivity contribution in [2.24, 2.45) is 0 Å². The Kier molecular flexibility index (Phi) is 5.93. The summed E-state index contributed by atoms with van der Waals surface area (Å²) in [6.07, 6.45) is -1.96. The number of halogens is 2. The van der Waals surface area contributed by atoms with E-state index in [2.05, 4.69) is 4.90 Å². The van der Waals surface area contributed by atoms with Crippen LogP contribution in [0.2, 0.25) is 0 Å². The van der Waals surface area contributed by atoms with Crippen molar-refractivity contribution in [3.8, 4) is 11.5 Å². The lowest BCUT2D eigenvalue weighted by Crippen LogP contribution is -2.53. The highest BCUT2D eigenvalue weighted by Gasteiger charge is 2.40. The van der Waals surface area contributed by atoms with E-state index >= 15 is 0 Å². The minimum atomic E-state index is -2.53. The molecule has 1 aromatic carbocycles. The maximum absolute atomic E-state index is 12.5. The van der Waals surface area contributed by atoms with E-state index in [-0.39, 0.29) is 17.7 Å². The fourth-order valence-corrected chi connectivity index (χ4v) is 3.98. The first kappa shape index (κ1) is 20.3. The van der Waals surface area contributed by atoms with E-state index in [1.165, 1.54) is 7.11 Å². The third-order valence-corrected chi connectivity index (χ3v) is 5.07. The van der Waals surface area contributed by atoms with Gasteiger partial charge in [0.25, 0.3) is 6.43 Å². The molecule has 1 aromatic rings. The molecule has 3 rings (SSSR count). The van der Waals surface area contributed by atoms with Crippen LogP contribution in [0.5, 0.6) is 11.5 Å². The molecule has 0 unspecified atom stereocenters. The average molecular weight is 385 g/mol. The second-order valence-electron chi connectivity index (χ2n) is 8.24. The Morgan fingerprint density at radius 2 is 2.00 bits per heavy atom. The molecule has 3 atom stereocenters. The molecule has 0 spiro atoms. The van der Waals surface area contributed by atoms with Gasteiger partial charge in [0, 0.05) is 19.1 Å². The van der Waals surface area contributed by atoms with Crippen molar-refractivity contribution < 1.29 is 28.1 Å². The van der Waals surface area contributed by atoms with E-state index in [1.54, 1.807) is 6.07 Å². The zero-order valence-electron chi connectivity index (χ0n) is 16.4. The minimum absolute atomic E-state index is 0.0571. The minimum Gasteiger partial charge on any atom is -0.493 e. The molecule has 1 saturated heterocycles. The number of aliphatic hydroxyl groups is 1. The molecule has 0 aliphatic carbocycles. The number of rotatable bonds is 5. The molecule has 27 heavy (non-hydrogen) atoms. The van der Waals surface area contributed by atoms with Gasteiger partial charge in [0.1, 0.15) is 6.61 Å². The van der Waals surface area contributed by atoms with E-state index in [0.717, 1.165) is 24.1 Å². The monoisotopic (exact) mass is 385 g/mol. The summed E-state index contributed by atoms with van der Waals surface area (Å²) >= 11 is 0. The molecule has 0 amide bonds. The summed E-state index contributed by atoms with van der Waals surface area (Å²) in [6.45, 7) is 6.80. The van der Waals surface area contributed by atoms with E-state index < -0.39 is 19.1 Å². The van der Waals surface area contributed by atoms with E-state index in [1.807, 2.05) is 26.8 Å². The van der Waals surface area contributed by atoms with Gasteiger partial charge < -0.3 is 19.3 Å². The Balaban J connectivity index is 1.82. The van der Waals surface area contributed by atoms with Crippen molar-refractivity contribution in [1.82, 2.24) is 4.90 Å². The van der Waals surface area contributed by atoms with Gasteiger partial charge in [-0.05, 0) is 56.9 Å². The number of hydrogen-bond donors (Lipinski definition) is 1. The Morgan fingerprint density at radius 1 is 1.26 bits per heavy atom. The van der Waals surface area contributed by atoms with Crippen LogP contribution in [0, 0.1) is 0 Å². The quantitative estimate of drug-likeness (QED) is 0.844. The first-order valence-electron chi connectivity index (χ1n) is 9.39. The van der Waals surface area contributed by atoms with Crippen LogP contribution in [0.15, 0.2) is 12.1 Å². The number of fused-ring (bicyclic) bond motifs is 3. The summed E-state index contributed by atoms with van der Waals surface area (Å²) in [7, 11) is 1.50. The number of hydrogen-bond acceptors (Lipinski definition) is 5. The van der Waals surface area contributed by atoms with Gasteiger partial charge in [0.2, 0.25) is 0 Å². The van der Waals surface area contributed by atoms with Gasteiger partial charge in [0.05, 0.1) is 24.9 Å². The Hall–Kier alpha value is -1.44. The number of methoxy groups -OCH3 is 1. The number of alkyl halides is 2. The van der Waals surface area contributed by atoms with Crippen LogP contribution in [-0.2, 0) is 11.2 Å². The molecule has 0 aromatic heterocycles. The van der Waals surface area contributed by atoms with Crippen LogP contribution < -0.4 is 9.47 Å². The lowest BCUT2D eigenvalue weighted by molar-refractivity contribution is -0.149. The van der Waals surface area contributed by atoms with Gasteiger partial charge >= 0.3 is 0 Å². The van der Waals surface area contributed by atoms with E-state index in [4.69, 9.17) is 14.2 Å². The van der Waals surface area contributed by atoms with E-state index in [9.17, 15) is 13.9 Å². The average Bonchev–Trinajstić information content (AvgIpc) is 2.58. The van der Waals surface area contributed by atoms with Gasteiger partial charge in [-0.3, -0.25) is 4.90 Å². The van der Waals surface area contributed by atoms with Gasteiger partial charge in [-0.1, -0.05) is 0 Å². The molecule has 0 radical (unpaired) electrons. The largest absolute Gasteiger partial charge is 0.493 e. The molecule has 5 nitrogen and oxygen atoms in total. The first-order valence-corrected chi connectivity index (χ1v) is 9.39. The summed E-state index contributed by atoms with van der Waals surface area (Å²) in [5.41, 5.74) is 1.81. The second kappa shape index (κ2) is 7.89. The number of ether oxygens (including phenoxy) is 3. The fourth-order valence-electron chi connectivity index (χ4n) is 3.98. The van der Waals surface area contributed by atoms with Crippen LogP contribution in [0.1, 0.15) is 44.4 Å². The highest BCUT2D eigenvalue weighted by Crippen LogP contribution is 2.42. The topological polar surface area (TPSA) is 51.2 Å². The third kappa shape index (κ3) is 4.70. The molecule has 0 bridgehead atoms. The molecular weight excluding hydrogens is 356 g/mol. The third-order valence-electron chi connectivity index (χ3n) is 5.07. The summed E-state index contributed by atoms with van der Waals surface area (Å²) in [5, 5.41) is 10.6. The fraction of sp³-hybridized carbons (Fsp3) is 0.700. The number of benzene rings is 1.